The SMILES string of the molecule is CCCCn1ccnc1C.CCCCn1ccnc1C.CCCCn1ccnc1C.CCCCn1ccnc1C.CCCCn1ccnc1C.CCCCn1ccnc1C.CCCCn1ccnc1C.CCCCn1ccnc1C.OB(O)F.OB(O)F.OB(O)F.OB(O)F. The topological polar surface area (TPSA) is 304 Å². The molecule has 544 valence electrons. The number of unbranched alkanes of at least 4 members (excludes halogenated alkanes) is 8. The molecule has 0 atom stereocenters. The maximum atomic E-state index is 10.1. The lowest BCUT2D eigenvalue weighted by Crippen LogP contribution is -1.98. The molecule has 0 aliphatic rings. The molecule has 24 nitrogen and oxygen atoms in total. The first-order valence-electron chi connectivity index (χ1n) is 33.5. The number of hydrogen-bond donors (Lipinski definition) is 8. The van der Waals surface area contributed by atoms with Gasteiger partial charge in [-0.1, -0.05) is 107 Å². The fourth-order valence-electron chi connectivity index (χ4n) is 7.75. The fraction of sp³-hybridized carbons (Fsp3) is 0.625. The monoisotopic (exact) mass is 1360 g/mol. The predicted molar refractivity (Wildman–Crippen MR) is 380 cm³/mol. The summed E-state index contributed by atoms with van der Waals surface area (Å²) < 4.78 is 57.9. The zero-order chi connectivity index (χ0) is 73.5. The quantitative estimate of drug-likeness (QED) is 0.0206. The van der Waals surface area contributed by atoms with Crippen LogP contribution in [0.3, 0.4) is 0 Å². The van der Waals surface area contributed by atoms with Gasteiger partial charge >= 0.3 is 29.6 Å². The summed E-state index contributed by atoms with van der Waals surface area (Å²) in [5.74, 6) is 8.95. The minimum absolute atomic E-state index is 1.11. The second-order valence-electron chi connectivity index (χ2n) is 21.4. The van der Waals surface area contributed by atoms with Gasteiger partial charge < -0.3 is 76.7 Å². The third kappa shape index (κ3) is 58.7. The Balaban J connectivity index is -0.000000488. The molecule has 8 heterocycles. The van der Waals surface area contributed by atoms with Crippen LogP contribution in [-0.4, -0.2) is 146 Å². The van der Waals surface area contributed by atoms with Crippen LogP contribution >= 0.6 is 0 Å². The van der Waals surface area contributed by atoms with Crippen molar-refractivity contribution in [3.63, 3.8) is 0 Å². The molecule has 0 radical (unpaired) electrons. The number of nitrogens with zero attached hydrogens (tertiary/aromatic N) is 16. The van der Waals surface area contributed by atoms with Crippen LogP contribution in [-0.2, 0) is 52.4 Å². The summed E-state index contributed by atoms with van der Waals surface area (Å²) in [6.45, 7) is 42.8. The highest BCUT2D eigenvalue weighted by Gasteiger charge is 2.02. The van der Waals surface area contributed by atoms with E-state index in [1.165, 1.54) is 103 Å². The summed E-state index contributed by atoms with van der Waals surface area (Å²) in [4.78, 5) is 33.1. The Hall–Kier alpha value is -6.66. The largest absolute Gasteiger partial charge is 0.674 e. The van der Waals surface area contributed by atoms with Gasteiger partial charge in [0.05, 0.1) is 0 Å². The Morgan fingerprint density at radius 3 is 0.365 bits per heavy atom. The van der Waals surface area contributed by atoms with Gasteiger partial charge in [0.15, 0.2) is 0 Å². The lowest BCUT2D eigenvalue weighted by atomic mass is 10.3. The van der Waals surface area contributed by atoms with E-state index in [-0.39, 0.29) is 0 Å². The number of aromatic nitrogens is 16. The average molecular weight is 1360 g/mol. The molecule has 8 aromatic rings. The van der Waals surface area contributed by atoms with E-state index in [0.717, 1.165) is 99.0 Å². The average Bonchev–Trinajstić information content (AvgIpc) is 3.24. The van der Waals surface area contributed by atoms with Gasteiger partial charge in [0.2, 0.25) is 0 Å². The van der Waals surface area contributed by atoms with Crippen molar-refractivity contribution in [3.05, 3.63) is 146 Å². The van der Waals surface area contributed by atoms with E-state index in [1.54, 1.807) is 0 Å². The molecule has 0 aliphatic carbocycles. The van der Waals surface area contributed by atoms with Crippen LogP contribution in [0.1, 0.15) is 205 Å². The Labute approximate surface area is 572 Å². The fourth-order valence-corrected chi connectivity index (χ4v) is 7.75. The highest BCUT2D eigenvalue weighted by molar-refractivity contribution is 6.32. The minimum atomic E-state index is -2.67. The number of aryl methyl sites for hydroxylation is 16. The first-order chi connectivity index (χ1) is 45.7. The van der Waals surface area contributed by atoms with Crippen molar-refractivity contribution in [1.82, 2.24) is 76.4 Å². The molecular formula is C64H120B4F4N16O8. The molecule has 32 heteroatoms. The van der Waals surface area contributed by atoms with Crippen molar-refractivity contribution < 1.29 is 57.5 Å². The molecule has 8 rings (SSSR count). The van der Waals surface area contributed by atoms with E-state index in [0.29, 0.717) is 0 Å². The summed E-state index contributed by atoms with van der Waals surface area (Å²) in [6, 6.07) is 0. The third-order valence-electron chi connectivity index (χ3n) is 13.4. The minimum Gasteiger partial charge on any atom is -0.398 e. The number of halogens is 4. The van der Waals surface area contributed by atoms with Crippen LogP contribution in [0.5, 0.6) is 0 Å². The van der Waals surface area contributed by atoms with Crippen LogP contribution in [0, 0.1) is 55.4 Å². The van der Waals surface area contributed by atoms with E-state index in [4.69, 9.17) is 40.2 Å². The van der Waals surface area contributed by atoms with E-state index in [9.17, 15) is 17.3 Å². The highest BCUT2D eigenvalue weighted by Crippen LogP contribution is 2.05. The molecule has 0 aliphatic heterocycles. The molecule has 0 saturated heterocycles. The predicted octanol–water partition coefficient (Wildman–Crippen LogP) is 11.6. The Morgan fingerprint density at radius 2 is 0.312 bits per heavy atom. The molecule has 0 saturated carbocycles. The molecule has 0 unspecified atom stereocenters. The van der Waals surface area contributed by atoms with Gasteiger partial charge in [-0.15, -0.1) is 0 Å². The van der Waals surface area contributed by atoms with Gasteiger partial charge in [0.25, 0.3) is 0 Å². The van der Waals surface area contributed by atoms with Crippen LogP contribution in [0.2, 0.25) is 0 Å². The summed E-state index contributed by atoms with van der Waals surface area (Å²) in [7, 11) is -10.7. The standard InChI is InChI=1S/8C8H14N2.4BFH2O2/c8*1-3-4-6-10-7-5-9-8(10)2;4*2-1(3)4/h8*5,7H,3-4,6H2,1-2H3;4*3-4H. The molecule has 8 N–H and O–H groups in total. The number of imidazole rings is 8. The van der Waals surface area contributed by atoms with E-state index < -0.39 is 29.6 Å². The summed E-state index contributed by atoms with van der Waals surface area (Å²) in [6.07, 6.45) is 51.0. The Kier molecular flexibility index (Phi) is 65.4. The molecule has 0 amide bonds. The third-order valence-corrected chi connectivity index (χ3v) is 13.4. The van der Waals surface area contributed by atoms with Crippen LogP contribution in [0.15, 0.2) is 99.1 Å². The highest BCUT2D eigenvalue weighted by atomic mass is 19.1. The van der Waals surface area contributed by atoms with Crippen molar-refractivity contribution in [2.75, 3.05) is 0 Å². The molecule has 0 fully saturated rings. The Bertz CT molecular complexity index is 2320. The zero-order valence-electron chi connectivity index (χ0n) is 60.8. The number of hydrogen-bond acceptors (Lipinski definition) is 16. The smallest absolute Gasteiger partial charge is 0.398 e. The first kappa shape index (κ1) is 95.7. The second kappa shape index (κ2) is 65.6. The molecule has 0 spiro atoms. The zero-order valence-corrected chi connectivity index (χ0v) is 60.8. The van der Waals surface area contributed by atoms with Gasteiger partial charge in [0.1, 0.15) is 46.6 Å². The van der Waals surface area contributed by atoms with Crippen molar-refractivity contribution in [1.29, 1.82) is 0 Å². The Morgan fingerprint density at radius 1 is 0.229 bits per heavy atom. The summed E-state index contributed by atoms with van der Waals surface area (Å²) in [5.41, 5.74) is 0. The van der Waals surface area contributed by atoms with E-state index >= 15 is 0 Å². The van der Waals surface area contributed by atoms with Crippen LogP contribution < -0.4 is 0 Å². The van der Waals surface area contributed by atoms with Gasteiger partial charge in [-0.05, 0) is 107 Å². The summed E-state index contributed by atoms with van der Waals surface area (Å²) >= 11 is 0. The maximum absolute atomic E-state index is 10.1. The van der Waals surface area contributed by atoms with E-state index in [1.807, 2.05) is 155 Å². The van der Waals surface area contributed by atoms with Gasteiger partial charge in [-0.3, -0.25) is 17.3 Å². The first-order valence-corrected chi connectivity index (χ1v) is 33.5. The van der Waals surface area contributed by atoms with Gasteiger partial charge in [0, 0.05) is 152 Å². The lowest BCUT2D eigenvalue weighted by molar-refractivity contribution is 0.338. The van der Waals surface area contributed by atoms with Gasteiger partial charge in [-0.25, -0.2) is 39.9 Å². The van der Waals surface area contributed by atoms with Crippen molar-refractivity contribution in [3.8, 4) is 0 Å². The lowest BCUT2D eigenvalue weighted by Gasteiger charge is -2.01. The summed E-state index contributed by atoms with van der Waals surface area (Å²) in [5, 5.41) is 55.6. The second-order valence-corrected chi connectivity index (χ2v) is 21.4. The van der Waals surface area contributed by atoms with Crippen molar-refractivity contribution in [2.45, 2.75) is 266 Å². The van der Waals surface area contributed by atoms with E-state index in [2.05, 4.69) is 132 Å². The maximum Gasteiger partial charge on any atom is 0.674 e. The van der Waals surface area contributed by atoms with Crippen molar-refractivity contribution in [2.24, 2.45) is 0 Å². The normalized spacial score (nSPS) is 9.62. The van der Waals surface area contributed by atoms with Gasteiger partial charge in [-0.2, -0.15) is 0 Å². The van der Waals surface area contributed by atoms with Crippen molar-refractivity contribution >= 4 is 29.6 Å². The molecule has 0 aromatic carbocycles. The molecule has 0 bridgehead atoms. The molecule has 96 heavy (non-hydrogen) atoms. The number of rotatable bonds is 24. The van der Waals surface area contributed by atoms with Crippen LogP contribution in [0.25, 0.3) is 0 Å². The molecule has 8 aromatic heterocycles. The van der Waals surface area contributed by atoms with Crippen LogP contribution in [0.4, 0.5) is 17.3 Å². The molecular weight excluding hydrogens is 1240 g/mol.